The SMILES string of the molecule is COC(=O)[C@H](Cc1c(Cl)cccc1Cl)NC(=O)c1ccc(F)cc1. The molecule has 2 aromatic carbocycles. The molecule has 126 valence electrons. The minimum atomic E-state index is -0.982. The molecule has 0 saturated heterocycles. The molecule has 1 N–H and O–H groups in total. The summed E-state index contributed by atoms with van der Waals surface area (Å²) in [6.45, 7) is 0. The average molecular weight is 370 g/mol. The van der Waals surface area contributed by atoms with Gasteiger partial charge in [0.1, 0.15) is 11.9 Å². The number of carbonyl (C=O) groups excluding carboxylic acids is 2. The number of nitrogens with one attached hydrogen (secondary N) is 1. The minimum Gasteiger partial charge on any atom is -0.467 e. The molecule has 24 heavy (non-hydrogen) atoms. The zero-order valence-electron chi connectivity index (χ0n) is 12.7. The molecular weight excluding hydrogens is 356 g/mol. The number of hydrogen-bond acceptors (Lipinski definition) is 3. The number of methoxy groups -OCH3 is 1. The van der Waals surface area contributed by atoms with Crippen LogP contribution in [0.15, 0.2) is 42.5 Å². The molecular formula is C17H14Cl2FNO3. The molecule has 2 rings (SSSR count). The van der Waals surface area contributed by atoms with Crippen molar-refractivity contribution in [1.82, 2.24) is 5.32 Å². The van der Waals surface area contributed by atoms with Crippen molar-refractivity contribution < 1.29 is 18.7 Å². The summed E-state index contributed by atoms with van der Waals surface area (Å²) in [4.78, 5) is 24.2. The molecule has 0 radical (unpaired) electrons. The lowest BCUT2D eigenvalue weighted by Gasteiger charge is -2.18. The molecule has 0 fully saturated rings. The Labute approximate surface area is 148 Å². The van der Waals surface area contributed by atoms with E-state index in [0.29, 0.717) is 15.6 Å². The molecule has 0 spiro atoms. The lowest BCUT2D eigenvalue weighted by atomic mass is 10.0. The Bertz CT molecular complexity index is 730. The fourth-order valence-electron chi connectivity index (χ4n) is 2.11. The van der Waals surface area contributed by atoms with Gasteiger partial charge >= 0.3 is 5.97 Å². The van der Waals surface area contributed by atoms with Crippen LogP contribution < -0.4 is 5.32 Å². The smallest absolute Gasteiger partial charge is 0.328 e. The zero-order valence-corrected chi connectivity index (χ0v) is 14.2. The Morgan fingerprint density at radius 1 is 1.12 bits per heavy atom. The van der Waals surface area contributed by atoms with E-state index in [2.05, 4.69) is 5.32 Å². The fourth-order valence-corrected chi connectivity index (χ4v) is 2.66. The van der Waals surface area contributed by atoms with Gasteiger partial charge in [0, 0.05) is 22.0 Å². The topological polar surface area (TPSA) is 55.4 Å². The first-order valence-electron chi connectivity index (χ1n) is 6.99. The second-order valence-electron chi connectivity index (χ2n) is 4.96. The van der Waals surface area contributed by atoms with Crippen molar-refractivity contribution in [2.45, 2.75) is 12.5 Å². The monoisotopic (exact) mass is 369 g/mol. The summed E-state index contributed by atoms with van der Waals surface area (Å²) < 4.78 is 17.7. The largest absolute Gasteiger partial charge is 0.467 e. The number of hydrogen-bond donors (Lipinski definition) is 1. The Hall–Kier alpha value is -2.11. The van der Waals surface area contributed by atoms with Gasteiger partial charge in [-0.2, -0.15) is 0 Å². The van der Waals surface area contributed by atoms with Crippen LogP contribution in [-0.2, 0) is 16.0 Å². The van der Waals surface area contributed by atoms with Gasteiger partial charge in [-0.05, 0) is 42.0 Å². The summed E-state index contributed by atoms with van der Waals surface area (Å²) in [5, 5.41) is 3.32. The van der Waals surface area contributed by atoms with E-state index in [1.54, 1.807) is 18.2 Å². The van der Waals surface area contributed by atoms with Crippen LogP contribution in [0.5, 0.6) is 0 Å². The van der Waals surface area contributed by atoms with Gasteiger partial charge in [0.2, 0.25) is 0 Å². The Balaban J connectivity index is 2.21. The van der Waals surface area contributed by atoms with Gasteiger partial charge in [-0.3, -0.25) is 4.79 Å². The molecule has 4 nitrogen and oxygen atoms in total. The van der Waals surface area contributed by atoms with Crippen LogP contribution in [0.3, 0.4) is 0 Å². The number of ether oxygens (including phenoxy) is 1. The number of rotatable bonds is 5. The summed E-state index contributed by atoms with van der Waals surface area (Å²) in [6.07, 6.45) is 0.0676. The quantitative estimate of drug-likeness (QED) is 0.818. The molecule has 7 heteroatoms. The maximum absolute atomic E-state index is 12.9. The average Bonchev–Trinajstić information content (AvgIpc) is 2.57. The third-order valence-corrected chi connectivity index (χ3v) is 4.08. The van der Waals surface area contributed by atoms with Gasteiger partial charge < -0.3 is 10.1 Å². The van der Waals surface area contributed by atoms with Crippen LogP contribution >= 0.6 is 23.2 Å². The third kappa shape index (κ3) is 4.46. The van der Waals surface area contributed by atoms with E-state index in [9.17, 15) is 14.0 Å². The van der Waals surface area contributed by atoms with Gasteiger partial charge in [0.25, 0.3) is 5.91 Å². The maximum atomic E-state index is 12.9. The van der Waals surface area contributed by atoms with Crippen LogP contribution in [0.25, 0.3) is 0 Å². The van der Waals surface area contributed by atoms with Crippen LogP contribution in [0, 0.1) is 5.82 Å². The molecule has 0 aliphatic carbocycles. The number of esters is 1. The standard InChI is InChI=1S/C17H14Cl2FNO3/c1-24-17(23)15(9-12-13(18)3-2-4-14(12)19)21-16(22)10-5-7-11(20)8-6-10/h2-8,15H,9H2,1H3,(H,21,22)/t15-/m0/s1. The fraction of sp³-hybridized carbons (Fsp3) is 0.176. The molecule has 0 saturated carbocycles. The third-order valence-electron chi connectivity index (χ3n) is 3.37. The van der Waals surface area contributed by atoms with Crippen LogP contribution in [0.2, 0.25) is 10.0 Å². The minimum absolute atomic E-state index is 0.0676. The Morgan fingerprint density at radius 3 is 2.25 bits per heavy atom. The summed E-state index contributed by atoms with van der Waals surface area (Å²) in [5.74, 6) is -1.63. The number of amides is 1. The number of carbonyl (C=O) groups is 2. The van der Waals surface area contributed by atoms with E-state index >= 15 is 0 Å². The van der Waals surface area contributed by atoms with Gasteiger partial charge in [-0.1, -0.05) is 29.3 Å². The normalized spacial score (nSPS) is 11.7. The van der Waals surface area contributed by atoms with Crippen molar-refractivity contribution in [1.29, 1.82) is 0 Å². The van der Waals surface area contributed by atoms with E-state index in [-0.39, 0.29) is 12.0 Å². The Morgan fingerprint density at radius 2 is 1.71 bits per heavy atom. The van der Waals surface area contributed by atoms with Crippen molar-refractivity contribution in [3.05, 3.63) is 69.5 Å². The van der Waals surface area contributed by atoms with Crippen molar-refractivity contribution in [3.8, 4) is 0 Å². The first-order chi connectivity index (χ1) is 11.4. The van der Waals surface area contributed by atoms with Crippen molar-refractivity contribution in [2.75, 3.05) is 7.11 Å². The second-order valence-corrected chi connectivity index (χ2v) is 5.77. The van der Waals surface area contributed by atoms with Crippen molar-refractivity contribution >= 4 is 35.1 Å². The molecule has 0 bridgehead atoms. The molecule has 0 heterocycles. The van der Waals surface area contributed by atoms with Gasteiger partial charge in [-0.15, -0.1) is 0 Å². The summed E-state index contributed by atoms with van der Waals surface area (Å²) in [5.41, 5.74) is 0.742. The summed E-state index contributed by atoms with van der Waals surface area (Å²) in [6, 6.07) is 8.93. The predicted molar refractivity (Wildman–Crippen MR) is 89.8 cm³/mol. The highest BCUT2D eigenvalue weighted by molar-refractivity contribution is 6.36. The van der Waals surface area contributed by atoms with Crippen LogP contribution in [-0.4, -0.2) is 25.0 Å². The van der Waals surface area contributed by atoms with E-state index in [1.165, 1.54) is 19.2 Å². The molecule has 0 unspecified atom stereocenters. The van der Waals surface area contributed by atoms with Crippen molar-refractivity contribution in [2.24, 2.45) is 0 Å². The molecule has 0 aromatic heterocycles. The van der Waals surface area contributed by atoms with Crippen molar-refractivity contribution in [3.63, 3.8) is 0 Å². The Kier molecular flexibility index (Phi) is 6.17. The zero-order chi connectivity index (χ0) is 17.7. The summed E-state index contributed by atoms with van der Waals surface area (Å²) >= 11 is 12.2. The predicted octanol–water partition coefficient (Wildman–Crippen LogP) is 3.65. The van der Waals surface area contributed by atoms with E-state index in [0.717, 1.165) is 12.1 Å². The molecule has 0 aliphatic rings. The van der Waals surface area contributed by atoms with E-state index in [4.69, 9.17) is 27.9 Å². The molecule has 1 amide bonds. The van der Waals surface area contributed by atoms with Crippen LogP contribution in [0.4, 0.5) is 4.39 Å². The lowest BCUT2D eigenvalue weighted by Crippen LogP contribution is -2.43. The van der Waals surface area contributed by atoms with E-state index in [1.807, 2.05) is 0 Å². The van der Waals surface area contributed by atoms with Gasteiger partial charge in [0.05, 0.1) is 7.11 Å². The first kappa shape index (κ1) is 18.2. The highest BCUT2D eigenvalue weighted by Crippen LogP contribution is 2.25. The van der Waals surface area contributed by atoms with E-state index < -0.39 is 23.7 Å². The maximum Gasteiger partial charge on any atom is 0.328 e. The highest BCUT2D eigenvalue weighted by Gasteiger charge is 2.24. The second kappa shape index (κ2) is 8.13. The summed E-state index contributed by atoms with van der Waals surface area (Å²) in [7, 11) is 1.22. The van der Waals surface area contributed by atoms with Gasteiger partial charge in [-0.25, -0.2) is 9.18 Å². The first-order valence-corrected chi connectivity index (χ1v) is 7.75. The highest BCUT2D eigenvalue weighted by atomic mass is 35.5. The molecule has 1 atom stereocenters. The molecule has 2 aromatic rings. The van der Waals surface area contributed by atoms with Crippen LogP contribution in [0.1, 0.15) is 15.9 Å². The number of benzene rings is 2. The molecule has 0 aliphatic heterocycles. The lowest BCUT2D eigenvalue weighted by molar-refractivity contribution is -0.142. The van der Waals surface area contributed by atoms with Gasteiger partial charge in [0.15, 0.2) is 0 Å². The number of halogens is 3.